The highest BCUT2D eigenvalue weighted by molar-refractivity contribution is 5.19. The van der Waals surface area contributed by atoms with E-state index >= 15 is 0 Å². The highest BCUT2D eigenvalue weighted by Crippen LogP contribution is 2.53. The van der Waals surface area contributed by atoms with Crippen LogP contribution in [0.4, 0.5) is 8.78 Å². The Morgan fingerprint density at radius 1 is 0.950 bits per heavy atom. The highest BCUT2D eigenvalue weighted by Gasteiger charge is 2.47. The smallest absolute Gasteiger partial charge is 0.127 e. The lowest BCUT2D eigenvalue weighted by Crippen LogP contribution is -2.54. The van der Waals surface area contributed by atoms with Crippen molar-refractivity contribution in [3.05, 3.63) is 35.4 Å². The van der Waals surface area contributed by atoms with E-state index in [1.165, 1.54) is 50.3 Å². The third-order valence-corrected chi connectivity index (χ3v) is 5.76. The Balaban J connectivity index is 1.46. The Bertz CT molecular complexity index is 486. The average Bonchev–Trinajstić information content (AvgIpc) is 2.41. The van der Waals surface area contributed by atoms with Gasteiger partial charge in [0.1, 0.15) is 11.6 Å². The van der Waals surface area contributed by atoms with Gasteiger partial charge in [0.15, 0.2) is 0 Å². The van der Waals surface area contributed by atoms with Crippen molar-refractivity contribution in [1.29, 1.82) is 0 Å². The summed E-state index contributed by atoms with van der Waals surface area (Å²) in [6.45, 7) is 0.455. The van der Waals surface area contributed by atoms with Gasteiger partial charge in [-0.2, -0.15) is 0 Å². The summed E-state index contributed by atoms with van der Waals surface area (Å²) in [6, 6.07) is 4.24. The quantitative estimate of drug-likeness (QED) is 0.884. The summed E-state index contributed by atoms with van der Waals surface area (Å²) in [5, 5.41) is 3.54. The van der Waals surface area contributed by atoms with Crippen LogP contribution in [-0.4, -0.2) is 6.04 Å². The van der Waals surface area contributed by atoms with E-state index in [9.17, 15) is 8.78 Å². The van der Waals surface area contributed by atoms with Crippen molar-refractivity contribution in [1.82, 2.24) is 5.32 Å². The topological polar surface area (TPSA) is 12.0 Å². The van der Waals surface area contributed by atoms with E-state index in [4.69, 9.17) is 0 Å². The van der Waals surface area contributed by atoms with E-state index in [2.05, 4.69) is 5.32 Å². The van der Waals surface area contributed by atoms with Crippen molar-refractivity contribution in [3.63, 3.8) is 0 Å². The first kappa shape index (κ1) is 12.8. The van der Waals surface area contributed by atoms with Gasteiger partial charge in [-0.1, -0.05) is 0 Å². The number of halogens is 2. The Kier molecular flexibility index (Phi) is 3.06. The van der Waals surface area contributed by atoms with Crippen molar-refractivity contribution in [3.8, 4) is 0 Å². The van der Waals surface area contributed by atoms with Gasteiger partial charge in [-0.15, -0.1) is 0 Å². The molecule has 108 valence electrons. The zero-order valence-electron chi connectivity index (χ0n) is 11.6. The number of rotatable bonds is 3. The highest BCUT2D eigenvalue weighted by atomic mass is 19.1. The largest absolute Gasteiger partial charge is 0.309 e. The molecule has 0 radical (unpaired) electrons. The molecule has 4 aliphatic carbocycles. The molecule has 0 aromatic heterocycles. The summed E-state index contributed by atoms with van der Waals surface area (Å²) in [4.78, 5) is 0. The minimum absolute atomic E-state index is 0.303. The van der Waals surface area contributed by atoms with Gasteiger partial charge in [0.05, 0.1) is 0 Å². The molecule has 0 amide bonds. The maximum atomic E-state index is 13.7. The molecular weight excluding hydrogens is 256 g/mol. The molecule has 0 aliphatic heterocycles. The molecule has 3 heteroatoms. The molecule has 20 heavy (non-hydrogen) atoms. The van der Waals surface area contributed by atoms with E-state index in [1.807, 2.05) is 0 Å². The van der Waals surface area contributed by atoms with Gasteiger partial charge < -0.3 is 5.32 Å². The molecular formula is C17H21F2N. The monoisotopic (exact) mass is 277 g/mol. The van der Waals surface area contributed by atoms with E-state index < -0.39 is 0 Å². The molecule has 5 rings (SSSR count). The second kappa shape index (κ2) is 4.80. The number of hydrogen-bond acceptors (Lipinski definition) is 1. The summed E-state index contributed by atoms with van der Waals surface area (Å²) in [5.74, 6) is 2.77. The molecule has 4 saturated carbocycles. The van der Waals surface area contributed by atoms with Gasteiger partial charge in [0.25, 0.3) is 0 Å². The lowest BCUT2D eigenvalue weighted by Gasteiger charge is -2.54. The summed E-state index contributed by atoms with van der Waals surface area (Å²) < 4.78 is 26.9. The van der Waals surface area contributed by atoms with Crippen LogP contribution in [0.25, 0.3) is 0 Å². The van der Waals surface area contributed by atoms with Crippen LogP contribution < -0.4 is 5.32 Å². The van der Waals surface area contributed by atoms with Crippen LogP contribution in [0.3, 0.4) is 0 Å². The first-order valence-corrected chi connectivity index (χ1v) is 7.86. The average molecular weight is 277 g/mol. The molecule has 0 unspecified atom stereocenters. The van der Waals surface area contributed by atoms with Crippen molar-refractivity contribution >= 4 is 0 Å². The van der Waals surface area contributed by atoms with Crippen molar-refractivity contribution < 1.29 is 8.78 Å². The fourth-order valence-corrected chi connectivity index (χ4v) is 5.17. The van der Waals surface area contributed by atoms with Gasteiger partial charge in [-0.05, 0) is 74.0 Å². The summed E-state index contributed by atoms with van der Waals surface area (Å²) >= 11 is 0. The third-order valence-electron chi connectivity index (χ3n) is 5.76. The Morgan fingerprint density at radius 3 is 2.25 bits per heavy atom. The van der Waals surface area contributed by atoms with Crippen LogP contribution >= 0.6 is 0 Å². The molecule has 4 aliphatic rings. The van der Waals surface area contributed by atoms with Crippen LogP contribution in [0, 0.1) is 35.3 Å². The van der Waals surface area contributed by atoms with Crippen molar-refractivity contribution in [2.75, 3.05) is 0 Å². The molecule has 1 nitrogen and oxygen atoms in total. The fraction of sp³-hybridized carbons (Fsp3) is 0.647. The molecule has 0 saturated heterocycles. The lowest BCUT2D eigenvalue weighted by atomic mass is 9.54. The maximum Gasteiger partial charge on any atom is 0.127 e. The summed E-state index contributed by atoms with van der Waals surface area (Å²) in [5.41, 5.74) is 0.457. The predicted octanol–water partition coefficient (Wildman–Crippen LogP) is 3.88. The molecule has 1 N–H and O–H groups in total. The van der Waals surface area contributed by atoms with E-state index in [1.54, 1.807) is 0 Å². The van der Waals surface area contributed by atoms with E-state index in [0.717, 1.165) is 23.7 Å². The zero-order chi connectivity index (χ0) is 13.7. The normalized spacial score (nSPS) is 38.4. The lowest BCUT2D eigenvalue weighted by molar-refractivity contribution is -0.0143. The third kappa shape index (κ3) is 2.16. The Hall–Kier alpha value is -0.960. The van der Waals surface area contributed by atoms with Gasteiger partial charge in [0, 0.05) is 18.2 Å². The van der Waals surface area contributed by atoms with Gasteiger partial charge in [0.2, 0.25) is 0 Å². The fourth-order valence-electron chi connectivity index (χ4n) is 5.17. The molecule has 0 heterocycles. The molecule has 1 aromatic carbocycles. The van der Waals surface area contributed by atoms with Crippen LogP contribution in [0.15, 0.2) is 18.2 Å². The first-order valence-electron chi connectivity index (χ1n) is 7.86. The Morgan fingerprint density at radius 2 is 1.60 bits per heavy atom. The van der Waals surface area contributed by atoms with Crippen molar-refractivity contribution in [2.45, 2.75) is 44.7 Å². The zero-order valence-corrected chi connectivity index (χ0v) is 11.6. The maximum absolute atomic E-state index is 13.7. The second-order valence-corrected chi connectivity index (χ2v) is 7.07. The number of benzene rings is 1. The van der Waals surface area contributed by atoms with Gasteiger partial charge in [-0.3, -0.25) is 0 Å². The van der Waals surface area contributed by atoms with Gasteiger partial charge in [-0.25, -0.2) is 8.78 Å². The molecule has 4 bridgehead atoms. The standard InChI is InChI=1S/C17H21F2N/c18-15-1-2-16(19)14(8-15)9-20-17-12-4-10-3-11(6-12)7-13(17)5-10/h1-2,8,10-13,17,20H,3-7,9H2. The van der Waals surface area contributed by atoms with E-state index in [0.29, 0.717) is 18.2 Å². The van der Waals surface area contributed by atoms with Gasteiger partial charge >= 0.3 is 0 Å². The van der Waals surface area contributed by atoms with E-state index in [-0.39, 0.29) is 11.6 Å². The minimum Gasteiger partial charge on any atom is -0.309 e. The van der Waals surface area contributed by atoms with Crippen LogP contribution in [0.5, 0.6) is 0 Å². The number of hydrogen-bond donors (Lipinski definition) is 1. The summed E-state index contributed by atoms with van der Waals surface area (Å²) in [6.07, 6.45) is 6.82. The summed E-state index contributed by atoms with van der Waals surface area (Å²) in [7, 11) is 0. The molecule has 0 spiro atoms. The molecule has 0 atom stereocenters. The van der Waals surface area contributed by atoms with Crippen LogP contribution in [0.1, 0.15) is 37.7 Å². The Labute approximate surface area is 118 Å². The SMILES string of the molecule is Fc1ccc(F)c(CNC2C3CC4CC(C3)CC2C4)c1. The second-order valence-electron chi connectivity index (χ2n) is 7.07. The first-order chi connectivity index (χ1) is 9.69. The molecule has 4 fully saturated rings. The molecule has 1 aromatic rings. The predicted molar refractivity (Wildman–Crippen MR) is 74.0 cm³/mol. The van der Waals surface area contributed by atoms with Crippen LogP contribution in [0.2, 0.25) is 0 Å². The number of nitrogens with one attached hydrogen (secondary N) is 1. The van der Waals surface area contributed by atoms with Crippen LogP contribution in [-0.2, 0) is 6.54 Å². The van der Waals surface area contributed by atoms with Crippen molar-refractivity contribution in [2.24, 2.45) is 23.7 Å². The minimum atomic E-state index is -0.353.